The molecule has 9 heteroatoms. The van der Waals surface area contributed by atoms with Crippen LogP contribution >= 0.6 is 11.8 Å². The zero-order valence-corrected chi connectivity index (χ0v) is 11.4. The third-order valence-electron chi connectivity index (χ3n) is 2.24. The lowest BCUT2D eigenvalue weighted by atomic mass is 10.3. The number of carbonyl (C=O) groups excluding carboxylic acids is 1. The number of nitrogens with one attached hydrogen (secondary N) is 1. The first-order valence-electron chi connectivity index (χ1n) is 5.61. The molecule has 1 atom stereocenters. The maximum Gasteiger partial charge on any atom is 0.328 e. The average Bonchev–Trinajstić information content (AvgIpc) is 2.81. The van der Waals surface area contributed by atoms with Crippen LogP contribution in [0.1, 0.15) is 19.9 Å². The molecule has 3 N–H and O–H groups in total. The summed E-state index contributed by atoms with van der Waals surface area (Å²) in [4.78, 5) is 22.2. The fourth-order valence-electron chi connectivity index (χ4n) is 1.24. The number of carboxylic acids is 1. The van der Waals surface area contributed by atoms with E-state index in [9.17, 15) is 9.59 Å². The van der Waals surface area contributed by atoms with Gasteiger partial charge in [-0.25, -0.2) is 4.79 Å². The topological polar surface area (TPSA) is 117 Å². The average molecular weight is 288 g/mol. The number of nitrogens with zero attached hydrogens (tertiary/aromatic N) is 3. The standard InChI is InChI=1S/C10H16N4O4S/c1-6(2)14-5-11-13-10(14)19-4-8(16)12-7(3-15)9(17)18/h5-7,15H,3-4H2,1-2H3,(H,12,16)(H,17,18)/t7-/m0/s1. The summed E-state index contributed by atoms with van der Waals surface area (Å²) in [6.45, 7) is 3.27. The molecule has 0 aliphatic rings. The van der Waals surface area contributed by atoms with Crippen LogP contribution in [0, 0.1) is 0 Å². The van der Waals surface area contributed by atoms with E-state index in [4.69, 9.17) is 10.2 Å². The van der Waals surface area contributed by atoms with Gasteiger partial charge in [-0.3, -0.25) is 4.79 Å². The number of carboxylic acid groups (broad SMARTS) is 1. The molecule has 106 valence electrons. The molecule has 8 nitrogen and oxygen atoms in total. The Hall–Kier alpha value is -1.61. The molecule has 0 fully saturated rings. The van der Waals surface area contributed by atoms with Crippen LogP contribution in [0.15, 0.2) is 11.5 Å². The van der Waals surface area contributed by atoms with Crippen LogP contribution in [0.5, 0.6) is 0 Å². The minimum Gasteiger partial charge on any atom is -0.480 e. The van der Waals surface area contributed by atoms with Gasteiger partial charge in [0.15, 0.2) is 5.16 Å². The first-order valence-corrected chi connectivity index (χ1v) is 6.59. The third-order valence-corrected chi connectivity index (χ3v) is 3.20. The number of rotatable bonds is 7. The van der Waals surface area contributed by atoms with Gasteiger partial charge < -0.3 is 20.1 Å². The van der Waals surface area contributed by atoms with Crippen molar-refractivity contribution in [3.05, 3.63) is 6.33 Å². The van der Waals surface area contributed by atoms with E-state index >= 15 is 0 Å². The minimum atomic E-state index is -1.28. The summed E-state index contributed by atoms with van der Waals surface area (Å²) < 4.78 is 1.80. The van der Waals surface area contributed by atoms with Crippen LogP contribution in [0.3, 0.4) is 0 Å². The van der Waals surface area contributed by atoms with Crippen molar-refractivity contribution < 1.29 is 19.8 Å². The lowest BCUT2D eigenvalue weighted by molar-refractivity contribution is -0.142. The predicted octanol–water partition coefficient (Wildman–Crippen LogP) is -0.487. The van der Waals surface area contributed by atoms with E-state index < -0.39 is 24.5 Å². The number of aliphatic carboxylic acids is 1. The molecule has 0 unspecified atom stereocenters. The highest BCUT2D eigenvalue weighted by Crippen LogP contribution is 2.18. The van der Waals surface area contributed by atoms with Crippen molar-refractivity contribution in [3.8, 4) is 0 Å². The van der Waals surface area contributed by atoms with Crippen molar-refractivity contribution in [2.75, 3.05) is 12.4 Å². The second-order valence-corrected chi connectivity index (χ2v) is 4.99. The number of aliphatic hydroxyl groups excluding tert-OH is 1. The molecule has 0 spiro atoms. The normalized spacial score (nSPS) is 12.4. The van der Waals surface area contributed by atoms with Gasteiger partial charge in [0.05, 0.1) is 12.4 Å². The largest absolute Gasteiger partial charge is 0.480 e. The summed E-state index contributed by atoms with van der Waals surface area (Å²) in [6, 6.07) is -1.11. The molecule has 0 aromatic carbocycles. The van der Waals surface area contributed by atoms with Crippen molar-refractivity contribution in [2.45, 2.75) is 31.1 Å². The second kappa shape index (κ2) is 7.10. The van der Waals surface area contributed by atoms with Crippen LogP contribution in [-0.4, -0.2) is 55.3 Å². The quantitative estimate of drug-likeness (QED) is 0.580. The highest BCUT2D eigenvalue weighted by Gasteiger charge is 2.19. The lowest BCUT2D eigenvalue weighted by Gasteiger charge is -2.12. The van der Waals surface area contributed by atoms with Crippen LogP contribution in [-0.2, 0) is 9.59 Å². The smallest absolute Gasteiger partial charge is 0.328 e. The Bertz CT molecular complexity index is 448. The molecule has 0 bridgehead atoms. The van der Waals surface area contributed by atoms with Crippen LogP contribution < -0.4 is 5.32 Å². The molecule has 1 amide bonds. The summed E-state index contributed by atoms with van der Waals surface area (Å²) >= 11 is 1.16. The minimum absolute atomic E-state index is 0.00912. The highest BCUT2D eigenvalue weighted by molar-refractivity contribution is 7.99. The molecule has 0 aliphatic carbocycles. The molecule has 19 heavy (non-hydrogen) atoms. The molecule has 1 heterocycles. The van der Waals surface area contributed by atoms with Crippen LogP contribution in [0.4, 0.5) is 0 Å². The first kappa shape index (κ1) is 15.4. The zero-order chi connectivity index (χ0) is 14.4. The van der Waals surface area contributed by atoms with Gasteiger partial charge in [-0.1, -0.05) is 11.8 Å². The number of carbonyl (C=O) groups is 2. The number of hydrogen-bond acceptors (Lipinski definition) is 6. The van der Waals surface area contributed by atoms with E-state index in [0.29, 0.717) is 5.16 Å². The van der Waals surface area contributed by atoms with Crippen molar-refractivity contribution in [1.82, 2.24) is 20.1 Å². The fraction of sp³-hybridized carbons (Fsp3) is 0.600. The molecule has 1 rings (SSSR count). The SMILES string of the molecule is CC(C)n1cnnc1SCC(=O)N[C@@H](CO)C(=O)O. The van der Waals surface area contributed by atoms with Gasteiger partial charge in [-0.05, 0) is 13.8 Å². The monoisotopic (exact) mass is 288 g/mol. The molecule has 0 saturated heterocycles. The van der Waals surface area contributed by atoms with Gasteiger partial charge in [0.25, 0.3) is 0 Å². The third kappa shape index (κ3) is 4.52. The number of amides is 1. The maximum atomic E-state index is 11.5. The van der Waals surface area contributed by atoms with Gasteiger partial charge >= 0.3 is 5.97 Å². The second-order valence-electron chi connectivity index (χ2n) is 4.04. The summed E-state index contributed by atoms with van der Waals surface area (Å²) in [5.74, 6) is -1.74. The van der Waals surface area contributed by atoms with E-state index in [1.807, 2.05) is 13.8 Å². The molecule has 1 aromatic rings. The first-order chi connectivity index (χ1) is 8.95. The van der Waals surface area contributed by atoms with Crippen LogP contribution in [0.25, 0.3) is 0 Å². The van der Waals surface area contributed by atoms with Crippen LogP contribution in [0.2, 0.25) is 0 Å². The summed E-state index contributed by atoms with van der Waals surface area (Å²) in [5, 5.41) is 27.9. The maximum absolute atomic E-state index is 11.5. The Morgan fingerprint density at radius 2 is 2.21 bits per heavy atom. The Balaban J connectivity index is 2.50. The molecule has 0 radical (unpaired) electrons. The predicted molar refractivity (Wildman–Crippen MR) is 67.8 cm³/mol. The Kier molecular flexibility index (Phi) is 5.77. The Morgan fingerprint density at radius 3 is 2.74 bits per heavy atom. The zero-order valence-electron chi connectivity index (χ0n) is 10.6. The van der Waals surface area contributed by atoms with Gasteiger partial charge in [0, 0.05) is 6.04 Å². The van der Waals surface area contributed by atoms with E-state index in [-0.39, 0.29) is 11.8 Å². The molecule has 1 aromatic heterocycles. The fourth-order valence-corrected chi connectivity index (χ4v) is 2.10. The van der Waals surface area contributed by atoms with Gasteiger partial charge in [-0.15, -0.1) is 10.2 Å². The van der Waals surface area contributed by atoms with E-state index in [1.165, 1.54) is 0 Å². The van der Waals surface area contributed by atoms with E-state index in [2.05, 4.69) is 15.5 Å². The number of aromatic nitrogens is 3. The molecular weight excluding hydrogens is 272 g/mol. The summed E-state index contributed by atoms with van der Waals surface area (Å²) in [5.41, 5.74) is 0. The lowest BCUT2D eigenvalue weighted by Crippen LogP contribution is -2.44. The van der Waals surface area contributed by atoms with Gasteiger partial charge in [0.1, 0.15) is 12.4 Å². The molecular formula is C10H16N4O4S. The molecule has 0 saturated carbocycles. The number of aliphatic hydroxyl groups is 1. The Labute approximate surface area is 114 Å². The van der Waals surface area contributed by atoms with Gasteiger partial charge in [-0.2, -0.15) is 0 Å². The summed E-state index contributed by atoms with van der Waals surface area (Å²) in [6.07, 6.45) is 1.57. The summed E-state index contributed by atoms with van der Waals surface area (Å²) in [7, 11) is 0. The van der Waals surface area contributed by atoms with Crippen molar-refractivity contribution in [3.63, 3.8) is 0 Å². The number of thioether (sulfide) groups is 1. The van der Waals surface area contributed by atoms with Crippen molar-refractivity contribution >= 4 is 23.6 Å². The Morgan fingerprint density at radius 1 is 1.53 bits per heavy atom. The van der Waals surface area contributed by atoms with Gasteiger partial charge in [0.2, 0.25) is 5.91 Å². The molecule has 0 aliphatic heterocycles. The van der Waals surface area contributed by atoms with E-state index in [0.717, 1.165) is 11.8 Å². The van der Waals surface area contributed by atoms with E-state index in [1.54, 1.807) is 10.9 Å². The van der Waals surface area contributed by atoms with Crippen molar-refractivity contribution in [1.29, 1.82) is 0 Å². The number of hydrogen-bond donors (Lipinski definition) is 3. The highest BCUT2D eigenvalue weighted by atomic mass is 32.2. The van der Waals surface area contributed by atoms with Crippen molar-refractivity contribution in [2.24, 2.45) is 0 Å².